The molecule has 2 aromatic rings. The summed E-state index contributed by atoms with van der Waals surface area (Å²) in [5, 5.41) is 3.36. The number of amides is 1. The van der Waals surface area contributed by atoms with Gasteiger partial charge in [0.15, 0.2) is 0 Å². The van der Waals surface area contributed by atoms with Gasteiger partial charge in [-0.15, -0.1) is 0 Å². The van der Waals surface area contributed by atoms with Crippen molar-refractivity contribution in [3.05, 3.63) is 51.5 Å². The summed E-state index contributed by atoms with van der Waals surface area (Å²) in [6.07, 6.45) is 0.219. The molecule has 0 radical (unpaired) electrons. The van der Waals surface area contributed by atoms with Gasteiger partial charge in [0.05, 0.1) is 29.3 Å². The number of nitrogens with one attached hydrogen (secondary N) is 1. The fourth-order valence-corrected chi connectivity index (χ4v) is 2.51. The number of carbonyl (C=O) groups excluding carboxylic acids is 1. The van der Waals surface area contributed by atoms with Crippen molar-refractivity contribution in [3.8, 4) is 5.75 Å². The Morgan fingerprint density at radius 2 is 1.86 bits per heavy atom. The predicted octanol–water partition coefficient (Wildman–Crippen LogP) is 4.07. The Balaban J connectivity index is 2.10. The minimum atomic E-state index is -0.178. The Labute approximate surface area is 139 Å². The Morgan fingerprint density at radius 1 is 1.23 bits per heavy atom. The number of ether oxygens (including phenoxy) is 1. The molecule has 2 aromatic carbocycles. The van der Waals surface area contributed by atoms with Gasteiger partial charge < -0.3 is 15.8 Å². The lowest BCUT2D eigenvalue weighted by Crippen LogP contribution is -2.14. The number of nitrogen functional groups attached to an aromatic ring is 1. The van der Waals surface area contributed by atoms with Crippen LogP contribution in [-0.4, -0.2) is 13.0 Å². The Bertz CT molecular complexity index is 694. The second-order valence-electron chi connectivity index (χ2n) is 4.88. The summed E-state index contributed by atoms with van der Waals surface area (Å²) < 4.78 is 5.25. The first-order valence-electron chi connectivity index (χ1n) is 6.58. The summed E-state index contributed by atoms with van der Waals surface area (Å²) in [5.74, 6) is 0.576. The largest absolute Gasteiger partial charge is 0.496 e. The van der Waals surface area contributed by atoms with E-state index in [9.17, 15) is 4.79 Å². The van der Waals surface area contributed by atoms with Gasteiger partial charge in [0.1, 0.15) is 5.75 Å². The smallest absolute Gasteiger partial charge is 0.228 e. The number of halogens is 2. The van der Waals surface area contributed by atoms with Crippen molar-refractivity contribution in [1.82, 2.24) is 0 Å². The Hall–Kier alpha value is -1.91. The molecule has 0 unspecified atom stereocenters. The van der Waals surface area contributed by atoms with Crippen molar-refractivity contribution in [3.63, 3.8) is 0 Å². The molecule has 0 atom stereocenters. The summed E-state index contributed by atoms with van der Waals surface area (Å²) in [6.45, 7) is 1.95. The van der Waals surface area contributed by atoms with E-state index >= 15 is 0 Å². The number of hydrogen-bond donors (Lipinski definition) is 2. The number of aryl methyl sites for hydroxylation is 1. The lowest BCUT2D eigenvalue weighted by molar-refractivity contribution is -0.115. The van der Waals surface area contributed by atoms with Crippen LogP contribution in [0.25, 0.3) is 0 Å². The standard InChI is InChI=1S/C16H16Cl2N2O2/c1-9-3-4-10(5-14(9)22-2)6-15(21)20-11-7-12(17)16(19)13(18)8-11/h3-5,7-8H,6,19H2,1-2H3,(H,20,21). The Kier molecular flexibility index (Phi) is 5.16. The average Bonchev–Trinajstić information content (AvgIpc) is 2.46. The molecule has 0 saturated carbocycles. The van der Waals surface area contributed by atoms with E-state index in [4.69, 9.17) is 33.7 Å². The van der Waals surface area contributed by atoms with E-state index < -0.39 is 0 Å². The van der Waals surface area contributed by atoms with E-state index in [2.05, 4.69) is 5.32 Å². The van der Waals surface area contributed by atoms with Crippen LogP contribution in [0.1, 0.15) is 11.1 Å². The predicted molar refractivity (Wildman–Crippen MR) is 90.9 cm³/mol. The molecule has 0 aliphatic carbocycles. The number of benzene rings is 2. The van der Waals surface area contributed by atoms with Gasteiger partial charge in [-0.2, -0.15) is 0 Å². The van der Waals surface area contributed by atoms with Crippen LogP contribution < -0.4 is 15.8 Å². The van der Waals surface area contributed by atoms with E-state index in [1.807, 2.05) is 25.1 Å². The van der Waals surface area contributed by atoms with Gasteiger partial charge in [-0.05, 0) is 36.2 Å². The van der Waals surface area contributed by atoms with Crippen molar-refractivity contribution in [1.29, 1.82) is 0 Å². The fourth-order valence-electron chi connectivity index (χ4n) is 2.02. The summed E-state index contributed by atoms with van der Waals surface area (Å²) in [4.78, 5) is 12.1. The SMILES string of the molecule is COc1cc(CC(=O)Nc2cc(Cl)c(N)c(Cl)c2)ccc1C. The van der Waals surface area contributed by atoms with Gasteiger partial charge in [-0.1, -0.05) is 35.3 Å². The van der Waals surface area contributed by atoms with Crippen molar-refractivity contribution in [2.45, 2.75) is 13.3 Å². The molecule has 116 valence electrons. The molecule has 1 amide bonds. The maximum Gasteiger partial charge on any atom is 0.228 e. The molecular formula is C16H16Cl2N2O2. The van der Waals surface area contributed by atoms with Gasteiger partial charge in [0.25, 0.3) is 0 Å². The molecule has 0 saturated heterocycles. The van der Waals surface area contributed by atoms with Gasteiger partial charge >= 0.3 is 0 Å². The van der Waals surface area contributed by atoms with Crippen molar-refractivity contribution >= 4 is 40.5 Å². The highest BCUT2D eigenvalue weighted by molar-refractivity contribution is 6.39. The quantitative estimate of drug-likeness (QED) is 0.825. The molecule has 0 aromatic heterocycles. The maximum atomic E-state index is 12.1. The number of nitrogens with two attached hydrogens (primary N) is 1. The molecule has 0 spiro atoms. The topological polar surface area (TPSA) is 64.3 Å². The van der Waals surface area contributed by atoms with Crippen LogP contribution in [0.5, 0.6) is 5.75 Å². The summed E-state index contributed by atoms with van der Waals surface area (Å²) >= 11 is 11.9. The van der Waals surface area contributed by atoms with Crippen LogP contribution in [0.2, 0.25) is 10.0 Å². The molecule has 0 heterocycles. The highest BCUT2D eigenvalue weighted by Gasteiger charge is 2.09. The average molecular weight is 339 g/mol. The lowest BCUT2D eigenvalue weighted by Gasteiger charge is -2.10. The molecule has 2 rings (SSSR count). The molecule has 22 heavy (non-hydrogen) atoms. The highest BCUT2D eigenvalue weighted by atomic mass is 35.5. The monoisotopic (exact) mass is 338 g/mol. The first-order valence-corrected chi connectivity index (χ1v) is 7.34. The van der Waals surface area contributed by atoms with Crippen LogP contribution >= 0.6 is 23.2 Å². The first-order chi connectivity index (χ1) is 10.4. The fraction of sp³-hybridized carbons (Fsp3) is 0.188. The maximum absolute atomic E-state index is 12.1. The highest BCUT2D eigenvalue weighted by Crippen LogP contribution is 2.31. The third-order valence-electron chi connectivity index (χ3n) is 3.20. The first kappa shape index (κ1) is 16.5. The third-order valence-corrected chi connectivity index (χ3v) is 3.83. The van der Waals surface area contributed by atoms with Gasteiger partial charge in [-0.3, -0.25) is 4.79 Å². The minimum Gasteiger partial charge on any atom is -0.496 e. The number of anilines is 2. The molecule has 0 aliphatic rings. The van der Waals surface area contributed by atoms with E-state index in [1.54, 1.807) is 19.2 Å². The Morgan fingerprint density at radius 3 is 2.45 bits per heavy atom. The zero-order chi connectivity index (χ0) is 16.3. The summed E-state index contributed by atoms with van der Waals surface area (Å²) in [6, 6.07) is 8.78. The molecule has 4 nitrogen and oxygen atoms in total. The van der Waals surface area contributed by atoms with E-state index in [0.717, 1.165) is 16.9 Å². The van der Waals surface area contributed by atoms with Crippen molar-refractivity contribution in [2.75, 3.05) is 18.2 Å². The van der Waals surface area contributed by atoms with Crippen LogP contribution in [0.3, 0.4) is 0 Å². The lowest BCUT2D eigenvalue weighted by atomic mass is 10.1. The molecular weight excluding hydrogens is 323 g/mol. The molecule has 0 fully saturated rings. The number of hydrogen-bond acceptors (Lipinski definition) is 3. The molecule has 0 aliphatic heterocycles. The van der Waals surface area contributed by atoms with Gasteiger partial charge in [-0.25, -0.2) is 0 Å². The summed E-state index contributed by atoms with van der Waals surface area (Å²) in [7, 11) is 1.60. The summed E-state index contributed by atoms with van der Waals surface area (Å²) in [5.41, 5.74) is 8.34. The molecule has 0 bridgehead atoms. The van der Waals surface area contributed by atoms with Crippen LogP contribution in [0, 0.1) is 6.92 Å². The number of carbonyl (C=O) groups is 1. The van der Waals surface area contributed by atoms with Crippen molar-refractivity contribution in [2.24, 2.45) is 0 Å². The third kappa shape index (κ3) is 3.84. The van der Waals surface area contributed by atoms with E-state index in [-0.39, 0.29) is 12.3 Å². The van der Waals surface area contributed by atoms with Gasteiger partial charge in [0, 0.05) is 5.69 Å². The molecule has 6 heteroatoms. The zero-order valence-corrected chi connectivity index (χ0v) is 13.8. The van der Waals surface area contributed by atoms with Crippen LogP contribution in [-0.2, 0) is 11.2 Å². The normalized spacial score (nSPS) is 10.4. The van der Waals surface area contributed by atoms with Crippen LogP contribution in [0.4, 0.5) is 11.4 Å². The van der Waals surface area contributed by atoms with Crippen LogP contribution in [0.15, 0.2) is 30.3 Å². The minimum absolute atomic E-state index is 0.178. The number of rotatable bonds is 4. The van der Waals surface area contributed by atoms with E-state index in [1.165, 1.54) is 0 Å². The van der Waals surface area contributed by atoms with E-state index in [0.29, 0.717) is 21.4 Å². The van der Waals surface area contributed by atoms with Gasteiger partial charge in [0.2, 0.25) is 5.91 Å². The second kappa shape index (κ2) is 6.90. The second-order valence-corrected chi connectivity index (χ2v) is 5.70. The zero-order valence-electron chi connectivity index (χ0n) is 12.2. The number of methoxy groups -OCH3 is 1. The van der Waals surface area contributed by atoms with Crippen molar-refractivity contribution < 1.29 is 9.53 Å². The molecule has 3 N–H and O–H groups in total.